The highest BCUT2D eigenvalue weighted by Crippen LogP contribution is 2.56. The van der Waals surface area contributed by atoms with E-state index in [1.165, 1.54) is 102 Å². The molecule has 0 fully saturated rings. The van der Waals surface area contributed by atoms with Crippen LogP contribution in [0.5, 0.6) is 0 Å². The van der Waals surface area contributed by atoms with Crippen molar-refractivity contribution < 1.29 is 4.42 Å². The van der Waals surface area contributed by atoms with Crippen LogP contribution in [-0.4, -0.2) is 0 Å². The van der Waals surface area contributed by atoms with Crippen LogP contribution >= 0.6 is 11.3 Å². The average molecular weight is 693 g/mol. The Bertz CT molecular complexity index is 3320. The lowest BCUT2D eigenvalue weighted by atomic mass is 9.80. The second-order valence-electron chi connectivity index (χ2n) is 15.1. The molecule has 0 unspecified atom stereocenters. The second-order valence-corrected chi connectivity index (χ2v) is 16.2. The molecule has 0 bridgehead atoms. The van der Waals surface area contributed by atoms with E-state index in [0.717, 1.165) is 16.6 Å². The van der Waals surface area contributed by atoms with E-state index in [1.807, 2.05) is 17.4 Å². The molecule has 0 spiro atoms. The molecule has 0 aliphatic heterocycles. The van der Waals surface area contributed by atoms with Crippen molar-refractivity contribution in [3.8, 4) is 33.4 Å². The molecule has 2 heteroatoms. The molecular formula is C51H32OS. The molecule has 53 heavy (non-hydrogen) atoms. The number of rotatable bonds is 2. The van der Waals surface area contributed by atoms with E-state index in [4.69, 9.17) is 4.42 Å². The predicted molar refractivity (Wildman–Crippen MR) is 228 cm³/mol. The van der Waals surface area contributed by atoms with E-state index in [2.05, 4.69) is 166 Å². The molecule has 0 saturated heterocycles. The SMILES string of the molecule is CC1(C)c2cc(-c3c4ccccc4c(-c4cccc5oc6ccccc6c45)c4ccccc34)ccc2-c2c1ccc1c2sc2c3ccccc3ccc12. The lowest BCUT2D eigenvalue weighted by Crippen LogP contribution is -2.15. The lowest BCUT2D eigenvalue weighted by Gasteiger charge is -2.23. The molecule has 1 aliphatic rings. The average Bonchev–Trinajstić information content (AvgIpc) is 3.85. The molecule has 248 valence electrons. The Morgan fingerprint density at radius 2 is 1.04 bits per heavy atom. The van der Waals surface area contributed by atoms with Crippen molar-refractivity contribution in [2.24, 2.45) is 0 Å². The van der Waals surface area contributed by atoms with Crippen LogP contribution in [0.2, 0.25) is 0 Å². The van der Waals surface area contributed by atoms with E-state index in [9.17, 15) is 0 Å². The fourth-order valence-electron chi connectivity index (χ4n) is 9.65. The molecule has 0 N–H and O–H groups in total. The number of thiophene rings is 1. The van der Waals surface area contributed by atoms with Gasteiger partial charge in [-0.3, -0.25) is 0 Å². The number of fused-ring (bicyclic) bond motifs is 14. The first-order valence-corrected chi connectivity index (χ1v) is 19.2. The fraction of sp³-hybridized carbons (Fsp3) is 0.0588. The zero-order valence-electron chi connectivity index (χ0n) is 29.3. The minimum Gasteiger partial charge on any atom is -0.456 e. The van der Waals surface area contributed by atoms with Gasteiger partial charge in [-0.2, -0.15) is 0 Å². The van der Waals surface area contributed by atoms with Crippen LogP contribution in [0.15, 0.2) is 162 Å². The maximum atomic E-state index is 6.38. The van der Waals surface area contributed by atoms with Crippen LogP contribution in [0.1, 0.15) is 25.0 Å². The van der Waals surface area contributed by atoms with Gasteiger partial charge in [0, 0.05) is 41.9 Å². The van der Waals surface area contributed by atoms with Gasteiger partial charge in [-0.05, 0) is 89.5 Å². The van der Waals surface area contributed by atoms with Gasteiger partial charge in [0.05, 0.1) is 0 Å². The van der Waals surface area contributed by atoms with Crippen LogP contribution in [0.4, 0.5) is 0 Å². The van der Waals surface area contributed by atoms with Gasteiger partial charge in [0.25, 0.3) is 0 Å². The summed E-state index contributed by atoms with van der Waals surface area (Å²) >= 11 is 1.96. The summed E-state index contributed by atoms with van der Waals surface area (Å²) < 4.78 is 9.16. The largest absolute Gasteiger partial charge is 0.456 e. The first-order valence-electron chi connectivity index (χ1n) is 18.4. The van der Waals surface area contributed by atoms with Crippen molar-refractivity contribution in [1.29, 1.82) is 0 Å². The van der Waals surface area contributed by atoms with Crippen molar-refractivity contribution in [3.63, 3.8) is 0 Å². The van der Waals surface area contributed by atoms with Gasteiger partial charge in [-0.25, -0.2) is 0 Å². The maximum Gasteiger partial charge on any atom is 0.136 e. The summed E-state index contributed by atoms with van der Waals surface area (Å²) in [5, 5.41) is 12.7. The molecule has 1 aliphatic carbocycles. The molecule has 0 atom stereocenters. The Morgan fingerprint density at radius 3 is 1.81 bits per heavy atom. The highest BCUT2D eigenvalue weighted by atomic mass is 32.1. The minimum atomic E-state index is -0.142. The Balaban J connectivity index is 1.12. The van der Waals surface area contributed by atoms with E-state index in [0.29, 0.717) is 0 Å². The van der Waals surface area contributed by atoms with Gasteiger partial charge in [-0.1, -0.05) is 153 Å². The lowest BCUT2D eigenvalue weighted by molar-refractivity contribution is 0.661. The van der Waals surface area contributed by atoms with Gasteiger partial charge in [0.2, 0.25) is 0 Å². The minimum absolute atomic E-state index is 0.142. The fourth-order valence-corrected chi connectivity index (χ4v) is 11.0. The molecule has 9 aromatic carbocycles. The van der Waals surface area contributed by atoms with Crippen LogP contribution in [0.3, 0.4) is 0 Å². The number of hydrogen-bond acceptors (Lipinski definition) is 2. The quantitative estimate of drug-likeness (QED) is 0.164. The Hall–Kier alpha value is -6.22. The van der Waals surface area contributed by atoms with E-state index in [-0.39, 0.29) is 5.41 Å². The molecule has 0 amide bonds. The molecule has 0 radical (unpaired) electrons. The monoisotopic (exact) mass is 692 g/mol. The van der Waals surface area contributed by atoms with Crippen LogP contribution in [-0.2, 0) is 5.41 Å². The Kier molecular flexibility index (Phi) is 5.78. The molecular weight excluding hydrogens is 661 g/mol. The van der Waals surface area contributed by atoms with Crippen molar-refractivity contribution in [1.82, 2.24) is 0 Å². The number of hydrogen-bond donors (Lipinski definition) is 0. The standard InChI is InChI=1S/C51H32OS/c1-51(2)41-27-26-37-36-24-22-29-12-3-4-13-31(29)49(36)53-50(37)48(41)38-25-23-30(28-42(38)51)45-32-14-5-7-16-34(32)46(35-17-8-6-15-33(35)45)40-19-11-21-44-47(40)39-18-9-10-20-43(39)52-44/h3-28H,1-2H3. The molecule has 2 aromatic heterocycles. The molecule has 1 nitrogen and oxygen atoms in total. The summed E-state index contributed by atoms with van der Waals surface area (Å²) in [7, 11) is 0. The van der Waals surface area contributed by atoms with Gasteiger partial charge in [0.1, 0.15) is 11.2 Å². The van der Waals surface area contributed by atoms with Crippen LogP contribution in [0.25, 0.3) is 108 Å². The Morgan fingerprint density at radius 1 is 0.415 bits per heavy atom. The third kappa shape index (κ3) is 3.86. The summed E-state index contributed by atoms with van der Waals surface area (Å²) in [5.74, 6) is 0. The predicted octanol–water partition coefficient (Wildman–Crippen LogP) is 15.1. The summed E-state index contributed by atoms with van der Waals surface area (Å²) in [5.41, 5.74) is 12.3. The van der Waals surface area contributed by atoms with Crippen molar-refractivity contribution >= 4 is 85.8 Å². The van der Waals surface area contributed by atoms with Gasteiger partial charge in [-0.15, -0.1) is 11.3 Å². The molecule has 0 saturated carbocycles. The second kappa shape index (κ2) is 10.4. The first kappa shape index (κ1) is 29.4. The maximum absolute atomic E-state index is 6.38. The summed E-state index contributed by atoms with van der Waals surface area (Å²) in [6.07, 6.45) is 0. The van der Waals surface area contributed by atoms with Gasteiger partial charge < -0.3 is 4.42 Å². The first-order chi connectivity index (χ1) is 26.1. The van der Waals surface area contributed by atoms with Crippen LogP contribution < -0.4 is 0 Å². The van der Waals surface area contributed by atoms with Gasteiger partial charge in [0.15, 0.2) is 0 Å². The zero-order chi connectivity index (χ0) is 35.0. The third-order valence-corrected chi connectivity index (χ3v) is 13.3. The summed E-state index contributed by atoms with van der Waals surface area (Å²) in [4.78, 5) is 0. The highest BCUT2D eigenvalue weighted by molar-refractivity contribution is 7.27. The van der Waals surface area contributed by atoms with E-state index < -0.39 is 0 Å². The van der Waals surface area contributed by atoms with E-state index >= 15 is 0 Å². The van der Waals surface area contributed by atoms with Crippen molar-refractivity contribution in [3.05, 3.63) is 169 Å². The molecule has 2 heterocycles. The molecule has 11 aromatic rings. The van der Waals surface area contributed by atoms with Gasteiger partial charge >= 0.3 is 0 Å². The molecule has 12 rings (SSSR count). The highest BCUT2D eigenvalue weighted by Gasteiger charge is 2.37. The smallest absolute Gasteiger partial charge is 0.136 e. The number of benzene rings is 9. The zero-order valence-corrected chi connectivity index (χ0v) is 30.1. The topological polar surface area (TPSA) is 13.1 Å². The van der Waals surface area contributed by atoms with Crippen molar-refractivity contribution in [2.75, 3.05) is 0 Å². The third-order valence-electron chi connectivity index (χ3n) is 12.1. The van der Waals surface area contributed by atoms with E-state index in [1.54, 1.807) is 0 Å². The normalized spacial score (nSPS) is 13.6. The number of furan rings is 1. The van der Waals surface area contributed by atoms with Crippen LogP contribution in [0, 0.1) is 0 Å². The number of para-hydroxylation sites is 1. The van der Waals surface area contributed by atoms with Crippen molar-refractivity contribution in [2.45, 2.75) is 19.3 Å². The summed E-state index contributed by atoms with van der Waals surface area (Å²) in [6, 6.07) is 58.3. The summed E-state index contributed by atoms with van der Waals surface area (Å²) in [6.45, 7) is 4.82. The Labute approximate surface area is 310 Å².